The Labute approximate surface area is 252 Å². The number of amides is 4. The third-order valence-corrected chi connectivity index (χ3v) is 7.52. The van der Waals surface area contributed by atoms with Gasteiger partial charge in [-0.1, -0.05) is 6.07 Å². The smallest absolute Gasteiger partial charge is 0.409 e. The number of hydrogen-bond donors (Lipinski definition) is 3. The number of para-hydroxylation sites is 1. The molecular weight excluding hydrogens is 581 g/mol. The van der Waals surface area contributed by atoms with Crippen LogP contribution in [0.2, 0.25) is 0 Å². The molecule has 15 heteroatoms. The van der Waals surface area contributed by atoms with Crippen molar-refractivity contribution >= 4 is 40.7 Å². The van der Waals surface area contributed by atoms with Crippen molar-refractivity contribution in [2.24, 2.45) is 0 Å². The Balaban J connectivity index is 1.51. The van der Waals surface area contributed by atoms with Crippen molar-refractivity contribution in [3.63, 3.8) is 0 Å². The van der Waals surface area contributed by atoms with Gasteiger partial charge >= 0.3 is 12.1 Å². The van der Waals surface area contributed by atoms with Gasteiger partial charge < -0.3 is 39.7 Å². The number of aliphatic carboxylic acids is 1. The topological polar surface area (TPSA) is 179 Å². The molecule has 14 nitrogen and oxygen atoms in total. The van der Waals surface area contributed by atoms with Gasteiger partial charge in [-0.2, -0.15) is 0 Å². The molecule has 44 heavy (non-hydrogen) atoms. The summed E-state index contributed by atoms with van der Waals surface area (Å²) in [7, 11) is 0. The highest BCUT2D eigenvalue weighted by atomic mass is 19.1. The van der Waals surface area contributed by atoms with Gasteiger partial charge in [0.1, 0.15) is 28.8 Å². The molecule has 2 fully saturated rings. The second-order valence-electron chi connectivity index (χ2n) is 10.5. The number of piperidine rings is 1. The van der Waals surface area contributed by atoms with Crippen molar-refractivity contribution < 1.29 is 48.0 Å². The van der Waals surface area contributed by atoms with Crippen molar-refractivity contribution in [2.75, 3.05) is 52.5 Å². The summed E-state index contributed by atoms with van der Waals surface area (Å²) >= 11 is 0. The number of carboxylic acids is 1. The first-order valence-electron chi connectivity index (χ1n) is 14.5. The zero-order valence-electron chi connectivity index (χ0n) is 24.4. The minimum absolute atomic E-state index is 0.0218. The molecule has 3 N–H and O–H groups in total. The lowest BCUT2D eigenvalue weighted by atomic mass is 10.1. The number of aliphatic hydroxyl groups is 1. The van der Waals surface area contributed by atoms with Crippen molar-refractivity contribution in [3.8, 4) is 5.75 Å². The summed E-state index contributed by atoms with van der Waals surface area (Å²) in [6, 6.07) is 4.11. The Kier molecular flexibility index (Phi) is 10.9. The highest BCUT2D eigenvalue weighted by Gasteiger charge is 2.31. The average molecular weight is 618 g/mol. The van der Waals surface area contributed by atoms with Crippen LogP contribution in [0.3, 0.4) is 0 Å². The van der Waals surface area contributed by atoms with Crippen LogP contribution in [-0.4, -0.2) is 124 Å². The average Bonchev–Trinajstić information content (AvgIpc) is 3.02. The van der Waals surface area contributed by atoms with E-state index in [0.29, 0.717) is 25.9 Å². The molecule has 4 amide bonds. The Hall–Kier alpha value is -4.53. The predicted octanol–water partition coefficient (Wildman–Crippen LogP) is 1.000. The Bertz CT molecular complexity index is 1390. The molecule has 1 aromatic carbocycles. The number of likely N-dealkylation sites (tertiary alicyclic amines) is 1. The Morgan fingerprint density at radius 1 is 1.05 bits per heavy atom. The van der Waals surface area contributed by atoms with Crippen LogP contribution in [0.5, 0.6) is 5.75 Å². The van der Waals surface area contributed by atoms with Crippen molar-refractivity contribution in [1.82, 2.24) is 25.0 Å². The van der Waals surface area contributed by atoms with Gasteiger partial charge in [-0.3, -0.25) is 19.2 Å². The Morgan fingerprint density at radius 2 is 1.73 bits per heavy atom. The van der Waals surface area contributed by atoms with E-state index in [4.69, 9.17) is 9.47 Å². The minimum atomic E-state index is -1.24. The minimum Gasteiger partial charge on any atom is -0.483 e. The fraction of sp³-hybridized carbons (Fsp3) is 0.517. The number of ether oxygens (including phenoxy) is 2. The van der Waals surface area contributed by atoms with Gasteiger partial charge in [0.05, 0.1) is 12.7 Å². The van der Waals surface area contributed by atoms with E-state index in [1.54, 1.807) is 11.8 Å². The number of carbonyl (C=O) groups excluding carboxylic acids is 4. The SMILES string of the molecule is CCOC(=O)N1CCN(C(=O)[C@H](CCC(=O)O)NC(=O)c2cc(OCC(=O)N3CCC(O)CC3)c3cccc(F)c3n2)CC1. The first-order valence-corrected chi connectivity index (χ1v) is 14.5. The third kappa shape index (κ3) is 8.09. The lowest BCUT2D eigenvalue weighted by molar-refractivity contribution is -0.138. The summed E-state index contributed by atoms with van der Waals surface area (Å²) in [6.45, 7) is 2.93. The zero-order chi connectivity index (χ0) is 31.8. The number of aromatic nitrogens is 1. The molecule has 0 unspecified atom stereocenters. The molecule has 238 valence electrons. The van der Waals surface area contributed by atoms with Crippen LogP contribution in [0.15, 0.2) is 24.3 Å². The zero-order valence-corrected chi connectivity index (χ0v) is 24.4. The van der Waals surface area contributed by atoms with Crippen LogP contribution in [0, 0.1) is 5.82 Å². The molecule has 3 heterocycles. The van der Waals surface area contributed by atoms with E-state index in [2.05, 4.69) is 10.3 Å². The summed E-state index contributed by atoms with van der Waals surface area (Å²) in [5, 5.41) is 21.7. The van der Waals surface area contributed by atoms with E-state index in [-0.39, 0.29) is 67.5 Å². The van der Waals surface area contributed by atoms with Gasteiger partial charge in [-0.15, -0.1) is 0 Å². The first-order chi connectivity index (χ1) is 21.1. The maximum atomic E-state index is 14.8. The van der Waals surface area contributed by atoms with Crippen LogP contribution in [-0.2, 0) is 19.1 Å². The second-order valence-corrected chi connectivity index (χ2v) is 10.5. The van der Waals surface area contributed by atoms with E-state index < -0.39 is 54.9 Å². The molecule has 0 saturated carbocycles. The van der Waals surface area contributed by atoms with Crippen LogP contribution >= 0.6 is 0 Å². The highest BCUT2D eigenvalue weighted by molar-refractivity contribution is 5.99. The summed E-state index contributed by atoms with van der Waals surface area (Å²) in [4.78, 5) is 71.4. The highest BCUT2D eigenvalue weighted by Crippen LogP contribution is 2.28. The summed E-state index contributed by atoms with van der Waals surface area (Å²) in [5.41, 5.74) is -0.487. The van der Waals surface area contributed by atoms with Gasteiger partial charge in [0, 0.05) is 57.1 Å². The molecule has 0 aliphatic carbocycles. The van der Waals surface area contributed by atoms with E-state index in [1.807, 2.05) is 0 Å². The van der Waals surface area contributed by atoms with Crippen molar-refractivity contribution in [3.05, 3.63) is 35.8 Å². The number of halogens is 1. The molecule has 2 aliphatic heterocycles. The fourth-order valence-electron chi connectivity index (χ4n) is 5.07. The van der Waals surface area contributed by atoms with E-state index >= 15 is 0 Å². The van der Waals surface area contributed by atoms with Crippen LogP contribution in [0.25, 0.3) is 10.9 Å². The van der Waals surface area contributed by atoms with Crippen LogP contribution in [0.4, 0.5) is 9.18 Å². The molecule has 1 atom stereocenters. The number of nitrogens with zero attached hydrogens (tertiary/aromatic N) is 4. The van der Waals surface area contributed by atoms with Gasteiger partial charge in [0.2, 0.25) is 5.91 Å². The molecule has 0 spiro atoms. The summed E-state index contributed by atoms with van der Waals surface area (Å²) in [6.07, 6.45) is -0.705. The fourth-order valence-corrected chi connectivity index (χ4v) is 5.07. The molecule has 2 saturated heterocycles. The van der Waals surface area contributed by atoms with E-state index in [1.165, 1.54) is 28.0 Å². The maximum Gasteiger partial charge on any atom is 0.409 e. The number of fused-ring (bicyclic) bond motifs is 1. The molecule has 4 rings (SSSR count). The maximum absolute atomic E-state index is 14.8. The molecule has 0 bridgehead atoms. The predicted molar refractivity (Wildman–Crippen MR) is 152 cm³/mol. The van der Waals surface area contributed by atoms with E-state index in [0.717, 1.165) is 6.07 Å². The molecule has 0 radical (unpaired) electrons. The normalized spacial score (nSPS) is 16.4. The number of carboxylic acid groups (broad SMARTS) is 1. The number of aliphatic hydroxyl groups excluding tert-OH is 1. The van der Waals surface area contributed by atoms with Crippen molar-refractivity contribution in [1.29, 1.82) is 0 Å². The number of carbonyl (C=O) groups is 5. The largest absolute Gasteiger partial charge is 0.483 e. The van der Waals surface area contributed by atoms with Gasteiger partial charge in [-0.25, -0.2) is 14.2 Å². The standard InChI is InChI=1S/C29H36FN5O9/c1-2-43-29(42)35-14-12-34(13-15-35)28(41)21(6-7-25(38)39)32-27(40)22-16-23(19-4-3-5-20(30)26(19)31-22)44-17-24(37)33-10-8-18(36)9-11-33/h3-5,16,18,21,36H,2,6-15,17H2,1H3,(H,32,40)(H,38,39)/t21-/m0/s1. The molecule has 2 aromatic rings. The van der Waals surface area contributed by atoms with Gasteiger partial charge in [-0.05, 0) is 38.3 Å². The molecular formula is C29H36FN5O9. The first kappa shape index (κ1) is 32.4. The quantitative estimate of drug-likeness (QED) is 0.348. The van der Waals surface area contributed by atoms with Gasteiger partial charge in [0.15, 0.2) is 6.61 Å². The molecule has 1 aromatic heterocycles. The van der Waals surface area contributed by atoms with Crippen LogP contribution < -0.4 is 10.1 Å². The summed E-state index contributed by atoms with van der Waals surface area (Å²) in [5.74, 6) is -3.63. The third-order valence-electron chi connectivity index (χ3n) is 7.52. The van der Waals surface area contributed by atoms with E-state index in [9.17, 15) is 38.6 Å². The monoisotopic (exact) mass is 617 g/mol. The second kappa shape index (κ2) is 14.8. The number of nitrogens with one attached hydrogen (secondary N) is 1. The van der Waals surface area contributed by atoms with Crippen LogP contribution in [0.1, 0.15) is 43.1 Å². The number of rotatable bonds is 10. The number of hydrogen-bond acceptors (Lipinski definition) is 9. The Morgan fingerprint density at radius 3 is 2.39 bits per heavy atom. The molecule has 2 aliphatic rings. The lowest BCUT2D eigenvalue weighted by Gasteiger charge is -2.35. The number of benzene rings is 1. The number of pyridine rings is 1. The lowest BCUT2D eigenvalue weighted by Crippen LogP contribution is -2.56. The van der Waals surface area contributed by atoms with Gasteiger partial charge in [0.25, 0.3) is 11.8 Å². The number of piperazine rings is 1. The summed E-state index contributed by atoms with van der Waals surface area (Å²) < 4.78 is 25.5. The van der Waals surface area contributed by atoms with Crippen molar-refractivity contribution in [2.45, 2.75) is 44.8 Å².